The predicted molar refractivity (Wildman–Crippen MR) is 89.1 cm³/mol. The molecule has 114 valence electrons. The van der Waals surface area contributed by atoms with Crippen LogP contribution in [0.25, 0.3) is 5.69 Å². The highest BCUT2D eigenvalue weighted by molar-refractivity contribution is 9.10. The molecule has 0 saturated carbocycles. The molecule has 1 aromatic carbocycles. The number of nitrogens with zero attached hydrogens (tertiary/aromatic N) is 2. The van der Waals surface area contributed by atoms with Crippen LogP contribution in [0.5, 0.6) is 0 Å². The molecule has 1 amide bonds. The molecular weight excluding hydrogens is 356 g/mol. The van der Waals surface area contributed by atoms with Crippen molar-refractivity contribution in [1.82, 2.24) is 15.1 Å². The van der Waals surface area contributed by atoms with Crippen LogP contribution in [0.4, 0.5) is 0 Å². The van der Waals surface area contributed by atoms with E-state index in [1.807, 2.05) is 24.3 Å². The highest BCUT2D eigenvalue weighted by atomic mass is 79.9. The second-order valence-corrected chi connectivity index (χ2v) is 5.29. The van der Waals surface area contributed by atoms with Gasteiger partial charge in [0.2, 0.25) is 0 Å². The van der Waals surface area contributed by atoms with E-state index in [0.717, 1.165) is 23.0 Å². The van der Waals surface area contributed by atoms with Crippen molar-refractivity contribution in [1.29, 1.82) is 0 Å². The van der Waals surface area contributed by atoms with E-state index in [1.165, 1.54) is 0 Å². The van der Waals surface area contributed by atoms with Gasteiger partial charge in [0.1, 0.15) is 0 Å². The molecule has 0 radical (unpaired) electrons. The van der Waals surface area contributed by atoms with Gasteiger partial charge in [-0.25, -0.2) is 4.68 Å². The zero-order valence-corrected chi connectivity index (χ0v) is 13.9. The number of halogens is 2. The minimum Gasteiger partial charge on any atom is -0.351 e. The monoisotopic (exact) mass is 372 g/mol. The molecule has 2 rings (SSSR count). The summed E-state index contributed by atoms with van der Waals surface area (Å²) in [4.78, 5) is 11.9. The molecule has 0 aliphatic carbocycles. The summed E-state index contributed by atoms with van der Waals surface area (Å²) in [6, 6.07) is 9.45. The maximum Gasteiger partial charge on any atom is 0.271 e. The number of unbranched alkanes of at least 4 members (excludes halogenated alkanes) is 1. The lowest BCUT2D eigenvalue weighted by molar-refractivity contribution is 0.0947. The average Bonchev–Trinajstić information content (AvgIpc) is 2.93. The zero-order valence-electron chi connectivity index (χ0n) is 11.5. The lowest BCUT2D eigenvalue weighted by Crippen LogP contribution is -2.25. The van der Waals surface area contributed by atoms with Crippen LogP contribution in [0, 0.1) is 0 Å². The topological polar surface area (TPSA) is 72.9 Å². The molecule has 0 bridgehead atoms. The van der Waals surface area contributed by atoms with E-state index < -0.39 is 0 Å². The minimum absolute atomic E-state index is 0. The van der Waals surface area contributed by atoms with Gasteiger partial charge in [-0.3, -0.25) is 4.79 Å². The standard InChI is InChI=1S/C14H17BrN4O.ClH/c15-11-4-3-5-12(10-11)19-9-6-13(18-19)14(20)17-8-2-1-7-16;/h3-6,9-10H,1-2,7-8,16H2,(H,17,20);1H. The van der Waals surface area contributed by atoms with Gasteiger partial charge < -0.3 is 11.1 Å². The van der Waals surface area contributed by atoms with Gasteiger partial charge >= 0.3 is 0 Å². The number of nitrogens with two attached hydrogens (primary N) is 1. The van der Waals surface area contributed by atoms with E-state index >= 15 is 0 Å². The van der Waals surface area contributed by atoms with Crippen molar-refractivity contribution < 1.29 is 4.79 Å². The number of hydrogen-bond donors (Lipinski definition) is 2. The number of rotatable bonds is 6. The molecular formula is C14H18BrClN4O. The third-order valence-electron chi connectivity index (χ3n) is 2.81. The van der Waals surface area contributed by atoms with Gasteiger partial charge in [0.25, 0.3) is 5.91 Å². The highest BCUT2D eigenvalue weighted by Gasteiger charge is 2.09. The van der Waals surface area contributed by atoms with Gasteiger partial charge in [-0.15, -0.1) is 12.4 Å². The Morgan fingerprint density at radius 1 is 1.33 bits per heavy atom. The number of carbonyl (C=O) groups is 1. The van der Waals surface area contributed by atoms with Gasteiger partial charge in [-0.2, -0.15) is 5.10 Å². The lowest BCUT2D eigenvalue weighted by Gasteiger charge is -2.03. The smallest absolute Gasteiger partial charge is 0.271 e. The van der Waals surface area contributed by atoms with Gasteiger partial charge in [0.05, 0.1) is 5.69 Å². The summed E-state index contributed by atoms with van der Waals surface area (Å²) in [5.41, 5.74) is 6.72. The van der Waals surface area contributed by atoms with Crippen molar-refractivity contribution >= 4 is 34.2 Å². The van der Waals surface area contributed by atoms with Crippen molar-refractivity contribution in [2.75, 3.05) is 13.1 Å². The Bertz CT molecular complexity index is 588. The van der Waals surface area contributed by atoms with Crippen LogP contribution in [-0.2, 0) is 0 Å². The predicted octanol–water partition coefficient (Wildman–Crippen LogP) is 2.53. The van der Waals surface area contributed by atoms with Crippen LogP contribution >= 0.6 is 28.3 Å². The van der Waals surface area contributed by atoms with Gasteiger partial charge in [0, 0.05) is 17.2 Å². The second-order valence-electron chi connectivity index (χ2n) is 4.38. The average molecular weight is 374 g/mol. The first-order chi connectivity index (χ1) is 9.70. The van der Waals surface area contributed by atoms with Gasteiger partial charge in [-0.1, -0.05) is 22.0 Å². The Kier molecular flexibility index (Phi) is 7.42. The molecule has 21 heavy (non-hydrogen) atoms. The van der Waals surface area contributed by atoms with Gasteiger partial charge in [0.15, 0.2) is 5.69 Å². The van der Waals surface area contributed by atoms with Crippen molar-refractivity contribution in [3.63, 3.8) is 0 Å². The van der Waals surface area contributed by atoms with E-state index in [-0.39, 0.29) is 18.3 Å². The summed E-state index contributed by atoms with van der Waals surface area (Å²) in [6.45, 7) is 1.27. The number of nitrogens with one attached hydrogen (secondary N) is 1. The van der Waals surface area contributed by atoms with Gasteiger partial charge in [-0.05, 0) is 43.7 Å². The molecule has 2 aromatic rings. The number of amides is 1. The third kappa shape index (κ3) is 5.15. The molecule has 1 aromatic heterocycles. The summed E-state index contributed by atoms with van der Waals surface area (Å²) in [7, 11) is 0. The summed E-state index contributed by atoms with van der Waals surface area (Å²) >= 11 is 3.41. The van der Waals surface area contributed by atoms with E-state index in [2.05, 4.69) is 26.3 Å². The molecule has 0 aliphatic rings. The van der Waals surface area contributed by atoms with Crippen molar-refractivity contribution in [2.24, 2.45) is 5.73 Å². The summed E-state index contributed by atoms with van der Waals surface area (Å²) in [5.74, 6) is -0.157. The molecule has 1 heterocycles. The first-order valence-electron chi connectivity index (χ1n) is 6.50. The van der Waals surface area contributed by atoms with E-state index in [1.54, 1.807) is 16.9 Å². The SMILES string of the molecule is Cl.NCCCCNC(=O)c1ccn(-c2cccc(Br)c2)n1. The molecule has 0 atom stereocenters. The first-order valence-corrected chi connectivity index (χ1v) is 7.30. The fourth-order valence-electron chi connectivity index (χ4n) is 1.77. The van der Waals surface area contributed by atoms with Crippen LogP contribution in [0.15, 0.2) is 41.0 Å². The number of carbonyl (C=O) groups excluding carboxylic acids is 1. The number of aromatic nitrogens is 2. The van der Waals surface area contributed by atoms with Crippen LogP contribution in [0.2, 0.25) is 0 Å². The van der Waals surface area contributed by atoms with E-state index in [0.29, 0.717) is 18.8 Å². The molecule has 0 fully saturated rings. The van der Waals surface area contributed by atoms with Crippen LogP contribution < -0.4 is 11.1 Å². The Morgan fingerprint density at radius 2 is 2.14 bits per heavy atom. The lowest BCUT2D eigenvalue weighted by atomic mass is 10.3. The van der Waals surface area contributed by atoms with Crippen LogP contribution in [0.3, 0.4) is 0 Å². The Labute approximate surface area is 138 Å². The van der Waals surface area contributed by atoms with Crippen molar-refractivity contribution in [3.8, 4) is 5.69 Å². The number of hydrogen-bond acceptors (Lipinski definition) is 3. The fourth-order valence-corrected chi connectivity index (χ4v) is 2.16. The Morgan fingerprint density at radius 3 is 2.86 bits per heavy atom. The first kappa shape index (κ1) is 17.7. The second kappa shape index (κ2) is 8.81. The Hall–Kier alpha value is -1.37. The zero-order chi connectivity index (χ0) is 14.4. The highest BCUT2D eigenvalue weighted by Crippen LogP contribution is 2.15. The quantitative estimate of drug-likeness (QED) is 0.764. The molecule has 0 spiro atoms. The van der Waals surface area contributed by atoms with Crippen molar-refractivity contribution in [2.45, 2.75) is 12.8 Å². The largest absolute Gasteiger partial charge is 0.351 e. The molecule has 0 unspecified atom stereocenters. The van der Waals surface area contributed by atoms with Crippen molar-refractivity contribution in [3.05, 3.63) is 46.7 Å². The summed E-state index contributed by atoms with van der Waals surface area (Å²) < 4.78 is 2.65. The summed E-state index contributed by atoms with van der Waals surface area (Å²) in [6.07, 6.45) is 3.57. The number of benzene rings is 1. The Balaban J connectivity index is 0.00000220. The maximum absolute atomic E-state index is 11.9. The molecule has 3 N–H and O–H groups in total. The van der Waals surface area contributed by atoms with Crippen LogP contribution in [0.1, 0.15) is 23.3 Å². The molecule has 7 heteroatoms. The van der Waals surface area contributed by atoms with Crippen LogP contribution in [-0.4, -0.2) is 28.8 Å². The fraction of sp³-hybridized carbons (Fsp3) is 0.286. The molecule has 0 saturated heterocycles. The molecule has 5 nitrogen and oxygen atoms in total. The van der Waals surface area contributed by atoms with E-state index in [9.17, 15) is 4.79 Å². The third-order valence-corrected chi connectivity index (χ3v) is 3.30. The minimum atomic E-state index is -0.157. The summed E-state index contributed by atoms with van der Waals surface area (Å²) in [5, 5.41) is 7.11. The molecule has 0 aliphatic heterocycles. The van der Waals surface area contributed by atoms with E-state index in [4.69, 9.17) is 5.73 Å². The normalized spacial score (nSPS) is 10.0. The maximum atomic E-state index is 11.9.